The van der Waals surface area contributed by atoms with Gasteiger partial charge in [0.15, 0.2) is 0 Å². The Kier molecular flexibility index (Phi) is 6.29. The molecule has 4 aromatic rings. The highest BCUT2D eigenvalue weighted by molar-refractivity contribution is 6.07. The van der Waals surface area contributed by atoms with E-state index in [1.165, 1.54) is 5.39 Å². The lowest BCUT2D eigenvalue weighted by atomic mass is 9.94. The minimum absolute atomic E-state index is 0.300. The second kappa shape index (κ2) is 9.26. The monoisotopic (exact) mass is 402 g/mol. The number of aromatic nitrogens is 3. The first-order chi connectivity index (χ1) is 14.8. The number of aliphatic hydroxyl groups excluding tert-OH is 1. The van der Waals surface area contributed by atoms with Crippen molar-refractivity contribution >= 4 is 27.6 Å². The van der Waals surface area contributed by atoms with Gasteiger partial charge >= 0.3 is 0 Å². The summed E-state index contributed by atoms with van der Waals surface area (Å²) in [6.45, 7) is 6.34. The molecule has 0 spiro atoms. The van der Waals surface area contributed by atoms with E-state index in [1.54, 1.807) is 0 Å². The van der Waals surface area contributed by atoms with Crippen molar-refractivity contribution in [2.24, 2.45) is 5.92 Å². The number of fused-ring (bicyclic) bond motifs is 3. The zero-order valence-electron chi connectivity index (χ0n) is 17.8. The maximum atomic E-state index is 9.12. The van der Waals surface area contributed by atoms with Crippen molar-refractivity contribution in [3.8, 4) is 11.1 Å². The van der Waals surface area contributed by atoms with Crippen LogP contribution in [0, 0.1) is 5.92 Å². The van der Waals surface area contributed by atoms with Crippen LogP contribution in [-0.2, 0) is 0 Å². The quantitative estimate of drug-likeness (QED) is 0.479. The van der Waals surface area contributed by atoms with Crippen molar-refractivity contribution in [3.63, 3.8) is 0 Å². The highest BCUT2D eigenvalue weighted by Crippen LogP contribution is 2.30. The number of aliphatic hydroxyl groups is 1. The summed E-state index contributed by atoms with van der Waals surface area (Å²) in [4.78, 5) is 14.8. The second-order valence-electron chi connectivity index (χ2n) is 7.65. The molecule has 1 saturated heterocycles. The number of pyridine rings is 2. The molecule has 0 saturated carbocycles. The summed E-state index contributed by atoms with van der Waals surface area (Å²) in [5, 5.41) is 11.5. The third kappa shape index (κ3) is 4.03. The molecule has 1 aliphatic rings. The Morgan fingerprint density at radius 2 is 1.77 bits per heavy atom. The van der Waals surface area contributed by atoms with Crippen LogP contribution in [0.2, 0.25) is 0 Å². The van der Waals surface area contributed by atoms with Crippen molar-refractivity contribution in [1.29, 1.82) is 0 Å². The molecule has 3 aromatic heterocycles. The number of benzene rings is 1. The van der Waals surface area contributed by atoms with Crippen LogP contribution in [0.5, 0.6) is 0 Å². The molecule has 5 nitrogen and oxygen atoms in total. The van der Waals surface area contributed by atoms with Crippen molar-refractivity contribution in [2.75, 3.05) is 24.6 Å². The molecule has 0 unspecified atom stereocenters. The number of piperidine rings is 1. The number of H-pyrrole nitrogens is 1. The third-order valence-electron chi connectivity index (χ3n) is 5.96. The first-order valence-corrected chi connectivity index (χ1v) is 11.0. The summed E-state index contributed by atoms with van der Waals surface area (Å²) in [5.74, 6) is 1.70. The average Bonchev–Trinajstić information content (AvgIpc) is 3.19. The zero-order chi connectivity index (χ0) is 20.9. The third-order valence-corrected chi connectivity index (χ3v) is 5.96. The minimum Gasteiger partial charge on any atom is -0.396 e. The Hall–Kier alpha value is -2.92. The normalized spacial score (nSPS) is 14.7. The van der Waals surface area contributed by atoms with Gasteiger partial charge in [-0.25, -0.2) is 4.98 Å². The lowest BCUT2D eigenvalue weighted by Crippen LogP contribution is -2.34. The Bertz CT molecular complexity index is 1100. The molecule has 0 bridgehead atoms. The number of hydrogen-bond acceptors (Lipinski definition) is 4. The number of nitrogens with zero attached hydrogens (tertiary/aromatic N) is 3. The van der Waals surface area contributed by atoms with Gasteiger partial charge in [0, 0.05) is 65.7 Å². The Morgan fingerprint density at radius 3 is 2.50 bits per heavy atom. The highest BCUT2D eigenvalue weighted by Gasteiger charge is 2.19. The molecule has 0 radical (unpaired) electrons. The van der Waals surface area contributed by atoms with E-state index >= 15 is 0 Å². The summed E-state index contributed by atoms with van der Waals surface area (Å²) < 4.78 is 0. The molecule has 30 heavy (non-hydrogen) atoms. The van der Waals surface area contributed by atoms with Gasteiger partial charge < -0.3 is 15.0 Å². The van der Waals surface area contributed by atoms with Crippen LogP contribution in [0.3, 0.4) is 0 Å². The molecule has 1 aromatic carbocycles. The smallest absolute Gasteiger partial charge is 0.128 e. The summed E-state index contributed by atoms with van der Waals surface area (Å²) >= 11 is 0. The lowest BCUT2D eigenvalue weighted by molar-refractivity contribution is 0.240. The van der Waals surface area contributed by atoms with Crippen LogP contribution < -0.4 is 4.90 Å². The molecule has 156 valence electrons. The molecular weight excluding hydrogens is 372 g/mol. The van der Waals surface area contributed by atoms with Crippen LogP contribution in [0.1, 0.15) is 33.1 Å². The van der Waals surface area contributed by atoms with Gasteiger partial charge in [0.25, 0.3) is 0 Å². The maximum absolute atomic E-state index is 9.12. The zero-order valence-corrected chi connectivity index (χ0v) is 17.8. The van der Waals surface area contributed by atoms with Gasteiger partial charge in [-0.2, -0.15) is 0 Å². The molecule has 0 aliphatic carbocycles. The van der Waals surface area contributed by atoms with Crippen LogP contribution in [0.25, 0.3) is 32.9 Å². The molecule has 0 amide bonds. The van der Waals surface area contributed by atoms with Crippen molar-refractivity contribution in [3.05, 3.63) is 55.0 Å². The van der Waals surface area contributed by atoms with E-state index in [-0.39, 0.29) is 0 Å². The van der Waals surface area contributed by atoms with Crippen LogP contribution in [0.15, 0.2) is 55.0 Å². The number of anilines is 1. The maximum Gasteiger partial charge on any atom is 0.128 e. The van der Waals surface area contributed by atoms with Gasteiger partial charge in [-0.1, -0.05) is 26.0 Å². The predicted octanol–water partition coefficient (Wildman–Crippen LogP) is 5.40. The van der Waals surface area contributed by atoms with E-state index in [0.29, 0.717) is 12.5 Å². The van der Waals surface area contributed by atoms with Gasteiger partial charge in [0.2, 0.25) is 0 Å². The van der Waals surface area contributed by atoms with E-state index in [4.69, 9.17) is 10.1 Å². The average molecular weight is 403 g/mol. The lowest BCUT2D eigenvalue weighted by Gasteiger charge is -2.32. The molecule has 1 aliphatic heterocycles. The molecule has 5 rings (SSSR count). The standard InChI is InChI=1S/C23H24N4O.C2H6/c28-12-8-16-6-10-27(11-7-16)23-4-2-18(14-25-23)17-1-3-19-20-15-24-9-5-21(20)26-22(19)13-17;1-2/h1-5,9,13-16,26,28H,6-8,10-12H2;1-2H3. The first-order valence-electron chi connectivity index (χ1n) is 11.0. The Labute approximate surface area is 177 Å². The predicted molar refractivity (Wildman–Crippen MR) is 125 cm³/mol. The Morgan fingerprint density at radius 1 is 0.967 bits per heavy atom. The number of hydrogen-bond donors (Lipinski definition) is 2. The summed E-state index contributed by atoms with van der Waals surface area (Å²) in [5.41, 5.74) is 4.51. The SMILES string of the molecule is CC.OCCC1CCN(c2ccc(-c3ccc4c(c3)[nH]c3ccncc34)cn2)CC1. The molecule has 2 N–H and O–H groups in total. The highest BCUT2D eigenvalue weighted by atomic mass is 16.3. The molecule has 4 heterocycles. The fourth-order valence-electron chi connectivity index (χ4n) is 4.30. The van der Waals surface area contributed by atoms with Gasteiger partial charge in [0.05, 0.1) is 0 Å². The summed E-state index contributed by atoms with van der Waals surface area (Å²) in [7, 11) is 0. The van der Waals surface area contributed by atoms with Gasteiger partial charge in [0.1, 0.15) is 5.82 Å². The van der Waals surface area contributed by atoms with Crippen LogP contribution >= 0.6 is 0 Å². The van der Waals surface area contributed by atoms with Crippen LogP contribution in [-0.4, -0.2) is 39.8 Å². The second-order valence-corrected chi connectivity index (χ2v) is 7.65. The van der Waals surface area contributed by atoms with Crippen molar-refractivity contribution in [2.45, 2.75) is 33.1 Å². The van der Waals surface area contributed by atoms with Gasteiger partial charge in [-0.3, -0.25) is 4.98 Å². The van der Waals surface area contributed by atoms with Gasteiger partial charge in [-0.15, -0.1) is 0 Å². The van der Waals surface area contributed by atoms with Crippen molar-refractivity contribution in [1.82, 2.24) is 15.0 Å². The molecule has 5 heteroatoms. The van der Waals surface area contributed by atoms with E-state index in [2.05, 4.69) is 45.2 Å². The van der Waals surface area contributed by atoms with E-state index in [9.17, 15) is 0 Å². The largest absolute Gasteiger partial charge is 0.396 e. The topological polar surface area (TPSA) is 65.0 Å². The van der Waals surface area contributed by atoms with Crippen molar-refractivity contribution < 1.29 is 5.11 Å². The number of nitrogens with one attached hydrogen (secondary N) is 1. The summed E-state index contributed by atoms with van der Waals surface area (Å²) in [6, 6.07) is 12.8. The van der Waals surface area contributed by atoms with E-state index in [0.717, 1.165) is 65.7 Å². The fourth-order valence-corrected chi connectivity index (χ4v) is 4.30. The first kappa shape index (κ1) is 20.4. The Balaban J connectivity index is 0.00000106. The molecular formula is C25H30N4O. The minimum atomic E-state index is 0.300. The number of aromatic amines is 1. The van der Waals surface area contributed by atoms with Gasteiger partial charge in [-0.05, 0) is 55.0 Å². The molecule has 1 fully saturated rings. The van der Waals surface area contributed by atoms with E-state index < -0.39 is 0 Å². The number of rotatable bonds is 4. The van der Waals surface area contributed by atoms with E-state index in [1.807, 2.05) is 38.5 Å². The van der Waals surface area contributed by atoms with Crippen LogP contribution in [0.4, 0.5) is 5.82 Å². The molecule has 0 atom stereocenters. The fraction of sp³-hybridized carbons (Fsp3) is 0.360. The summed E-state index contributed by atoms with van der Waals surface area (Å²) in [6.07, 6.45) is 8.89.